The van der Waals surface area contributed by atoms with Crippen LogP contribution in [-0.4, -0.2) is 33.5 Å². The molecule has 1 saturated heterocycles. The van der Waals surface area contributed by atoms with Crippen LogP contribution in [0.1, 0.15) is 17.5 Å². The van der Waals surface area contributed by atoms with E-state index in [1.54, 1.807) is 35.2 Å². The summed E-state index contributed by atoms with van der Waals surface area (Å²) < 4.78 is 28.5. The first kappa shape index (κ1) is 20.5. The Morgan fingerprint density at radius 2 is 1.81 bits per heavy atom. The topological polar surface area (TPSA) is 78.5 Å². The van der Waals surface area contributed by atoms with Crippen molar-refractivity contribution in [2.45, 2.75) is 30.3 Å². The summed E-state index contributed by atoms with van der Waals surface area (Å²) >= 11 is 6.00. The van der Waals surface area contributed by atoms with Gasteiger partial charge in [-0.15, -0.1) is 0 Å². The lowest BCUT2D eigenvalue weighted by Crippen LogP contribution is -2.41. The molecule has 2 aliphatic heterocycles. The van der Waals surface area contributed by atoms with Gasteiger partial charge in [0.15, 0.2) is 0 Å². The second kappa shape index (κ2) is 7.91. The lowest BCUT2D eigenvalue weighted by Gasteiger charge is -2.22. The SMILES string of the molecule is O=C1C(NS(=O)(=O)c2ccc3cc(Cl)ccc3c2)CCN1c1ccc2c(c1)CNCC2. The maximum atomic E-state index is 13.0. The van der Waals surface area contributed by atoms with E-state index in [4.69, 9.17) is 11.6 Å². The van der Waals surface area contributed by atoms with Gasteiger partial charge >= 0.3 is 0 Å². The largest absolute Gasteiger partial charge is 0.312 e. The van der Waals surface area contributed by atoms with E-state index in [0.717, 1.165) is 36.0 Å². The normalized spacial score (nSPS) is 19.1. The molecule has 0 saturated carbocycles. The third kappa shape index (κ3) is 3.94. The van der Waals surface area contributed by atoms with Crippen molar-refractivity contribution in [1.29, 1.82) is 0 Å². The molecule has 2 N–H and O–H groups in total. The van der Waals surface area contributed by atoms with Crippen LogP contribution in [0.15, 0.2) is 59.5 Å². The maximum Gasteiger partial charge on any atom is 0.245 e. The lowest BCUT2D eigenvalue weighted by atomic mass is 10.0. The number of halogens is 1. The number of hydrogen-bond donors (Lipinski definition) is 2. The zero-order chi connectivity index (χ0) is 21.6. The van der Waals surface area contributed by atoms with E-state index in [2.05, 4.69) is 16.1 Å². The van der Waals surface area contributed by atoms with Crippen LogP contribution in [0.2, 0.25) is 5.02 Å². The molecule has 6 nitrogen and oxygen atoms in total. The number of carbonyl (C=O) groups is 1. The highest BCUT2D eigenvalue weighted by atomic mass is 35.5. The summed E-state index contributed by atoms with van der Waals surface area (Å²) in [6, 6.07) is 15.4. The predicted molar refractivity (Wildman–Crippen MR) is 122 cm³/mol. The Morgan fingerprint density at radius 3 is 2.68 bits per heavy atom. The van der Waals surface area contributed by atoms with Gasteiger partial charge < -0.3 is 10.2 Å². The summed E-state index contributed by atoms with van der Waals surface area (Å²) in [5.74, 6) is -0.222. The van der Waals surface area contributed by atoms with E-state index in [1.807, 2.05) is 12.1 Å². The summed E-state index contributed by atoms with van der Waals surface area (Å²) in [6.45, 7) is 2.23. The third-order valence-electron chi connectivity index (χ3n) is 5.98. The van der Waals surface area contributed by atoms with Crippen molar-refractivity contribution < 1.29 is 13.2 Å². The monoisotopic (exact) mass is 455 g/mol. The predicted octanol–water partition coefficient (Wildman–Crippen LogP) is 3.22. The number of nitrogens with one attached hydrogen (secondary N) is 2. The highest BCUT2D eigenvalue weighted by molar-refractivity contribution is 7.89. The summed E-state index contributed by atoms with van der Waals surface area (Å²) in [5.41, 5.74) is 3.30. The molecule has 8 heteroatoms. The maximum absolute atomic E-state index is 13.0. The Balaban J connectivity index is 1.35. The molecule has 0 radical (unpaired) electrons. The number of nitrogens with zero attached hydrogens (tertiary/aromatic N) is 1. The number of fused-ring (bicyclic) bond motifs is 2. The van der Waals surface area contributed by atoms with Crippen LogP contribution in [0.3, 0.4) is 0 Å². The van der Waals surface area contributed by atoms with Crippen molar-refractivity contribution in [3.05, 3.63) is 70.7 Å². The quantitative estimate of drug-likeness (QED) is 0.633. The molecular formula is C23H22ClN3O3S. The summed E-state index contributed by atoms with van der Waals surface area (Å²) in [6.07, 6.45) is 1.40. The first-order chi connectivity index (χ1) is 14.9. The molecule has 0 bridgehead atoms. The van der Waals surface area contributed by atoms with E-state index >= 15 is 0 Å². The number of rotatable bonds is 4. The van der Waals surface area contributed by atoms with Gasteiger partial charge in [-0.1, -0.05) is 29.8 Å². The smallest absolute Gasteiger partial charge is 0.245 e. The molecule has 1 amide bonds. The molecule has 0 aliphatic carbocycles. The zero-order valence-corrected chi connectivity index (χ0v) is 18.3. The van der Waals surface area contributed by atoms with E-state index in [9.17, 15) is 13.2 Å². The Morgan fingerprint density at radius 1 is 1.00 bits per heavy atom. The van der Waals surface area contributed by atoms with Crippen molar-refractivity contribution in [3.63, 3.8) is 0 Å². The molecule has 1 atom stereocenters. The van der Waals surface area contributed by atoms with Gasteiger partial charge in [-0.3, -0.25) is 4.79 Å². The number of carbonyl (C=O) groups excluding carboxylic acids is 1. The molecule has 1 unspecified atom stereocenters. The second-order valence-corrected chi connectivity index (χ2v) is 10.1. The van der Waals surface area contributed by atoms with Crippen LogP contribution >= 0.6 is 11.6 Å². The first-order valence-corrected chi connectivity index (χ1v) is 12.1. The van der Waals surface area contributed by atoms with Gasteiger partial charge in [-0.05, 0) is 77.7 Å². The van der Waals surface area contributed by atoms with E-state index in [0.29, 0.717) is 18.0 Å². The van der Waals surface area contributed by atoms with Crippen LogP contribution in [0.5, 0.6) is 0 Å². The molecular weight excluding hydrogens is 434 g/mol. The second-order valence-electron chi connectivity index (χ2n) is 7.99. The van der Waals surface area contributed by atoms with Crippen LogP contribution in [0.25, 0.3) is 10.8 Å². The van der Waals surface area contributed by atoms with Crippen LogP contribution in [0.4, 0.5) is 5.69 Å². The van der Waals surface area contributed by atoms with Gasteiger partial charge in [0.1, 0.15) is 6.04 Å². The number of hydrogen-bond acceptors (Lipinski definition) is 4. The van der Waals surface area contributed by atoms with Gasteiger partial charge in [0.2, 0.25) is 15.9 Å². The minimum atomic E-state index is -3.84. The minimum Gasteiger partial charge on any atom is -0.312 e. The number of benzene rings is 3. The average Bonchev–Trinajstić information content (AvgIpc) is 3.12. The number of anilines is 1. The Bertz CT molecular complexity index is 1290. The molecule has 1 fully saturated rings. The van der Waals surface area contributed by atoms with E-state index < -0.39 is 16.1 Å². The Hall–Kier alpha value is -2.45. The molecule has 5 rings (SSSR count). The van der Waals surface area contributed by atoms with Gasteiger partial charge in [-0.2, -0.15) is 4.72 Å². The van der Waals surface area contributed by atoms with Crippen molar-refractivity contribution in [2.75, 3.05) is 18.0 Å². The number of amides is 1. The summed E-state index contributed by atoms with van der Waals surface area (Å²) in [7, 11) is -3.84. The van der Waals surface area contributed by atoms with Gasteiger partial charge in [0.05, 0.1) is 4.90 Å². The molecule has 2 aliphatic rings. The fraction of sp³-hybridized carbons (Fsp3) is 0.261. The van der Waals surface area contributed by atoms with E-state index in [-0.39, 0.29) is 10.8 Å². The molecule has 31 heavy (non-hydrogen) atoms. The van der Waals surface area contributed by atoms with Crippen molar-refractivity contribution >= 4 is 44.0 Å². The van der Waals surface area contributed by atoms with Crippen LogP contribution in [0, 0.1) is 0 Å². The molecule has 0 spiro atoms. The fourth-order valence-electron chi connectivity index (χ4n) is 4.30. The molecule has 2 heterocycles. The van der Waals surface area contributed by atoms with Gasteiger partial charge in [0, 0.05) is 23.8 Å². The first-order valence-electron chi connectivity index (χ1n) is 10.3. The zero-order valence-electron chi connectivity index (χ0n) is 16.8. The van der Waals surface area contributed by atoms with Crippen molar-refractivity contribution in [1.82, 2.24) is 10.0 Å². The minimum absolute atomic E-state index is 0.133. The average molecular weight is 456 g/mol. The van der Waals surface area contributed by atoms with Crippen LogP contribution < -0.4 is 14.9 Å². The fourth-order valence-corrected chi connectivity index (χ4v) is 5.74. The summed E-state index contributed by atoms with van der Waals surface area (Å²) in [4.78, 5) is 14.8. The van der Waals surface area contributed by atoms with Crippen LogP contribution in [-0.2, 0) is 27.8 Å². The molecule has 3 aromatic rings. The molecule has 3 aromatic carbocycles. The Labute approximate surface area is 186 Å². The highest BCUT2D eigenvalue weighted by Crippen LogP contribution is 2.27. The third-order valence-corrected chi connectivity index (χ3v) is 7.68. The number of sulfonamides is 1. The standard InChI is InChI=1S/C23H22ClN3O3S/c24-19-4-1-17-13-21(6-3-16(17)11-19)31(29,30)26-22-8-10-27(23(22)28)20-5-2-15-7-9-25-14-18(15)12-20/h1-6,11-13,22,25-26H,7-10,14H2. The van der Waals surface area contributed by atoms with Gasteiger partial charge in [0.25, 0.3) is 0 Å². The molecule has 160 valence electrons. The lowest BCUT2D eigenvalue weighted by molar-refractivity contribution is -0.118. The molecule has 0 aromatic heterocycles. The van der Waals surface area contributed by atoms with E-state index in [1.165, 1.54) is 17.2 Å². The van der Waals surface area contributed by atoms with Crippen molar-refractivity contribution in [3.8, 4) is 0 Å². The van der Waals surface area contributed by atoms with Crippen molar-refractivity contribution in [2.24, 2.45) is 0 Å². The summed E-state index contributed by atoms with van der Waals surface area (Å²) in [5, 5.41) is 5.56. The highest BCUT2D eigenvalue weighted by Gasteiger charge is 2.36. The van der Waals surface area contributed by atoms with Gasteiger partial charge in [-0.25, -0.2) is 8.42 Å². The Kier molecular flexibility index (Phi) is 5.22.